The van der Waals surface area contributed by atoms with Gasteiger partial charge < -0.3 is 4.74 Å². The Labute approximate surface area is 245 Å². The first-order valence-corrected chi connectivity index (χ1v) is 15.9. The Balaban J connectivity index is 1.30. The minimum atomic E-state index is -4.42. The summed E-state index contributed by atoms with van der Waals surface area (Å²) in [6, 6.07) is 4.39. The lowest BCUT2D eigenvalue weighted by atomic mass is 9.46. The van der Waals surface area contributed by atoms with Crippen LogP contribution in [0, 0.1) is 34.0 Å². The number of fused-ring (bicyclic) bond motifs is 4. The number of esters is 1. The van der Waals surface area contributed by atoms with Crippen molar-refractivity contribution in [3.05, 3.63) is 58.2 Å². The summed E-state index contributed by atoms with van der Waals surface area (Å²) in [7, 11) is 0. The highest BCUT2D eigenvalue weighted by molar-refractivity contribution is 5.89. The highest BCUT2D eigenvalue weighted by Gasteiger charge is 2.59. The van der Waals surface area contributed by atoms with Crippen LogP contribution in [0.25, 0.3) is 0 Å². The Morgan fingerprint density at radius 1 is 0.976 bits per heavy atom. The van der Waals surface area contributed by atoms with Gasteiger partial charge in [0.1, 0.15) is 6.10 Å². The number of carbonyl (C=O) groups excluding carboxylic acids is 1. The second kappa shape index (κ2) is 10.9. The Kier molecular flexibility index (Phi) is 8.09. The zero-order valence-electron chi connectivity index (χ0n) is 25.9. The summed E-state index contributed by atoms with van der Waals surface area (Å²) < 4.78 is 45.0. The maximum atomic E-state index is 13.0. The SMILES string of the molecule is CC(C)=CCCCC1CCC2C3=C(CCC12C)C1(C)CCC(OC(=O)c2ccc(C(F)(F)F)cc2)C(C)(C)C1CC3. The van der Waals surface area contributed by atoms with Crippen LogP contribution in [0.3, 0.4) is 0 Å². The van der Waals surface area contributed by atoms with Gasteiger partial charge >= 0.3 is 12.1 Å². The summed E-state index contributed by atoms with van der Waals surface area (Å²) >= 11 is 0. The Morgan fingerprint density at radius 3 is 2.34 bits per heavy atom. The molecule has 0 saturated heterocycles. The molecule has 41 heavy (non-hydrogen) atoms. The molecule has 226 valence electrons. The van der Waals surface area contributed by atoms with E-state index in [0.29, 0.717) is 11.3 Å². The summed E-state index contributed by atoms with van der Waals surface area (Å²) in [5.74, 6) is 1.44. The number of hydrogen-bond acceptors (Lipinski definition) is 2. The molecule has 5 rings (SSSR count). The van der Waals surface area contributed by atoms with Crippen LogP contribution in [0.1, 0.15) is 128 Å². The topological polar surface area (TPSA) is 26.3 Å². The van der Waals surface area contributed by atoms with Crippen molar-refractivity contribution in [1.82, 2.24) is 0 Å². The third-order valence-corrected chi connectivity index (χ3v) is 12.1. The average molecular weight is 571 g/mol. The summed E-state index contributed by atoms with van der Waals surface area (Å²) in [6.07, 6.45) is 10.8. The van der Waals surface area contributed by atoms with E-state index >= 15 is 0 Å². The zero-order valence-corrected chi connectivity index (χ0v) is 25.9. The molecule has 4 aliphatic rings. The van der Waals surface area contributed by atoms with Crippen LogP contribution in [0.2, 0.25) is 0 Å². The lowest BCUT2D eigenvalue weighted by molar-refractivity contribution is -0.137. The monoisotopic (exact) mass is 570 g/mol. The summed E-state index contributed by atoms with van der Waals surface area (Å²) in [4.78, 5) is 13.0. The third-order valence-electron chi connectivity index (χ3n) is 12.1. The van der Waals surface area contributed by atoms with E-state index in [9.17, 15) is 18.0 Å². The molecular formula is C36H49F3O2. The lowest BCUT2D eigenvalue weighted by Crippen LogP contribution is -2.54. The molecule has 0 aromatic heterocycles. The first kappa shape index (κ1) is 30.4. The largest absolute Gasteiger partial charge is 0.458 e. The van der Waals surface area contributed by atoms with Crippen molar-refractivity contribution in [3.63, 3.8) is 0 Å². The van der Waals surface area contributed by atoms with E-state index in [4.69, 9.17) is 4.74 Å². The van der Waals surface area contributed by atoms with Gasteiger partial charge in [0.05, 0.1) is 11.1 Å². The molecule has 5 heteroatoms. The maximum Gasteiger partial charge on any atom is 0.416 e. The maximum absolute atomic E-state index is 13.0. The lowest BCUT2D eigenvalue weighted by Gasteiger charge is -2.60. The molecule has 1 aromatic rings. The highest BCUT2D eigenvalue weighted by atomic mass is 19.4. The van der Waals surface area contributed by atoms with Crippen molar-refractivity contribution >= 4 is 5.97 Å². The van der Waals surface area contributed by atoms with Crippen molar-refractivity contribution < 1.29 is 22.7 Å². The van der Waals surface area contributed by atoms with Crippen LogP contribution >= 0.6 is 0 Å². The van der Waals surface area contributed by atoms with E-state index in [2.05, 4.69) is 47.6 Å². The zero-order chi connectivity index (χ0) is 29.8. The van der Waals surface area contributed by atoms with E-state index in [0.717, 1.165) is 49.7 Å². The minimum absolute atomic E-state index is 0.122. The van der Waals surface area contributed by atoms with Gasteiger partial charge in [-0.1, -0.05) is 50.5 Å². The molecule has 2 fully saturated rings. The molecule has 0 heterocycles. The molecule has 4 aliphatic carbocycles. The number of ether oxygens (including phenoxy) is 1. The molecule has 0 radical (unpaired) electrons. The molecule has 0 spiro atoms. The quantitative estimate of drug-likeness (QED) is 0.193. The Bertz CT molecular complexity index is 1200. The molecule has 6 unspecified atom stereocenters. The van der Waals surface area contributed by atoms with Crippen molar-refractivity contribution in [1.29, 1.82) is 0 Å². The second-order valence-electron chi connectivity index (χ2n) is 14.9. The van der Waals surface area contributed by atoms with Gasteiger partial charge in [-0.15, -0.1) is 0 Å². The molecule has 1 aromatic carbocycles. The van der Waals surface area contributed by atoms with Gasteiger partial charge in [0, 0.05) is 5.41 Å². The molecular weight excluding hydrogens is 521 g/mol. The molecule has 2 saturated carbocycles. The fourth-order valence-corrected chi connectivity index (χ4v) is 9.81. The van der Waals surface area contributed by atoms with Gasteiger partial charge in [0.25, 0.3) is 0 Å². The fraction of sp³-hybridized carbons (Fsp3) is 0.694. The summed E-state index contributed by atoms with van der Waals surface area (Å²) in [5.41, 5.74) is 4.69. The number of halogens is 3. The summed E-state index contributed by atoms with van der Waals surface area (Å²) in [6.45, 7) is 14.0. The predicted octanol–water partition coefficient (Wildman–Crippen LogP) is 10.7. The standard InChI is InChI=1S/C36H49F3O2/c1-23(2)9-7-8-10-25-15-17-28-27-16-18-30-33(3,4)31(20-22-35(30,6)29(27)19-21-34(25,28)5)41-32(40)24-11-13-26(14-12-24)36(37,38)39/h9,11-14,25,28,30-31H,7-8,10,15-22H2,1-6H3. The Hall–Kier alpha value is -2.04. The molecule has 0 aliphatic heterocycles. The highest BCUT2D eigenvalue weighted by Crippen LogP contribution is 2.67. The molecule has 2 nitrogen and oxygen atoms in total. The van der Waals surface area contributed by atoms with Crippen LogP contribution in [0.15, 0.2) is 47.1 Å². The molecule has 0 bridgehead atoms. The summed E-state index contributed by atoms with van der Waals surface area (Å²) in [5, 5.41) is 0. The van der Waals surface area contributed by atoms with Gasteiger partial charge in [-0.25, -0.2) is 4.79 Å². The van der Waals surface area contributed by atoms with E-state index in [1.165, 1.54) is 62.7 Å². The third kappa shape index (κ3) is 5.44. The smallest absolute Gasteiger partial charge is 0.416 e. The average Bonchev–Trinajstić information content (AvgIpc) is 3.24. The fourth-order valence-electron chi connectivity index (χ4n) is 9.81. The first-order valence-electron chi connectivity index (χ1n) is 15.9. The van der Waals surface area contributed by atoms with E-state index in [-0.39, 0.29) is 22.5 Å². The number of benzene rings is 1. The minimum Gasteiger partial charge on any atom is -0.458 e. The number of rotatable bonds is 6. The van der Waals surface area contributed by atoms with Gasteiger partial charge in [-0.3, -0.25) is 0 Å². The molecule has 0 N–H and O–H groups in total. The van der Waals surface area contributed by atoms with Crippen LogP contribution in [-0.4, -0.2) is 12.1 Å². The number of unbranched alkanes of at least 4 members (excludes halogenated alkanes) is 1. The van der Waals surface area contributed by atoms with Crippen LogP contribution < -0.4 is 0 Å². The van der Waals surface area contributed by atoms with Crippen molar-refractivity contribution in [2.75, 3.05) is 0 Å². The Morgan fingerprint density at radius 2 is 1.68 bits per heavy atom. The van der Waals surface area contributed by atoms with E-state index < -0.39 is 17.7 Å². The van der Waals surface area contributed by atoms with E-state index in [1.54, 1.807) is 11.1 Å². The second-order valence-corrected chi connectivity index (χ2v) is 14.9. The molecule has 6 atom stereocenters. The van der Waals surface area contributed by atoms with Crippen molar-refractivity contribution in [3.8, 4) is 0 Å². The van der Waals surface area contributed by atoms with Crippen LogP contribution in [-0.2, 0) is 10.9 Å². The van der Waals surface area contributed by atoms with Crippen LogP contribution in [0.5, 0.6) is 0 Å². The predicted molar refractivity (Wildman–Crippen MR) is 158 cm³/mol. The van der Waals surface area contributed by atoms with Crippen LogP contribution in [0.4, 0.5) is 13.2 Å². The van der Waals surface area contributed by atoms with Gasteiger partial charge in [-0.05, 0) is 137 Å². The number of hydrogen-bond donors (Lipinski definition) is 0. The number of allylic oxidation sites excluding steroid dienone is 4. The first-order chi connectivity index (χ1) is 19.2. The number of alkyl halides is 3. The van der Waals surface area contributed by atoms with Crippen molar-refractivity contribution in [2.45, 2.75) is 124 Å². The van der Waals surface area contributed by atoms with Crippen molar-refractivity contribution in [2.24, 2.45) is 34.0 Å². The number of carbonyl (C=O) groups is 1. The normalized spacial score (nSPS) is 34.4. The molecule has 0 amide bonds. The van der Waals surface area contributed by atoms with Gasteiger partial charge in [-0.2, -0.15) is 13.2 Å². The van der Waals surface area contributed by atoms with E-state index in [1.807, 2.05) is 0 Å². The van der Waals surface area contributed by atoms with Gasteiger partial charge in [0.2, 0.25) is 0 Å². The van der Waals surface area contributed by atoms with Gasteiger partial charge in [0.15, 0.2) is 0 Å².